The lowest BCUT2D eigenvalue weighted by atomic mass is 10.2. The minimum Gasteiger partial charge on any atom is -0.493 e. The molecule has 5 nitrogen and oxygen atoms in total. The fraction of sp³-hybridized carbons (Fsp3) is 0.462. The zero-order valence-electron chi connectivity index (χ0n) is 11.5. The maximum Gasteiger partial charge on any atom is 0.242 e. The molecule has 1 fully saturated rings. The first-order chi connectivity index (χ1) is 9.24. The zero-order chi connectivity index (χ0) is 13.7. The second-order valence-electron chi connectivity index (χ2n) is 4.06. The molecule has 0 saturated carbocycles. The number of rotatable bonds is 5. The Labute approximate surface area is 129 Å². The average molecular weight is 319 g/mol. The van der Waals surface area contributed by atoms with Gasteiger partial charge in [-0.25, -0.2) is 0 Å². The number of amides is 1. The van der Waals surface area contributed by atoms with Crippen molar-refractivity contribution >= 4 is 35.8 Å². The Morgan fingerprint density at radius 2 is 2.30 bits per heavy atom. The third-order valence-corrected chi connectivity index (χ3v) is 3.70. The highest BCUT2D eigenvalue weighted by Gasteiger charge is 2.22. The number of methoxy groups -OCH3 is 1. The Balaban J connectivity index is 0.00000200. The quantitative estimate of drug-likeness (QED) is 0.871. The van der Waals surface area contributed by atoms with Crippen LogP contribution in [0.25, 0.3) is 0 Å². The van der Waals surface area contributed by atoms with Crippen molar-refractivity contribution in [1.82, 2.24) is 5.32 Å². The molecule has 2 rings (SSSR count). The van der Waals surface area contributed by atoms with Crippen LogP contribution in [0.5, 0.6) is 11.5 Å². The van der Waals surface area contributed by atoms with Gasteiger partial charge in [0.25, 0.3) is 0 Å². The first-order valence-corrected chi connectivity index (χ1v) is 7.33. The largest absolute Gasteiger partial charge is 0.493 e. The van der Waals surface area contributed by atoms with Crippen LogP contribution in [0.2, 0.25) is 0 Å². The smallest absolute Gasteiger partial charge is 0.242 e. The molecule has 20 heavy (non-hydrogen) atoms. The van der Waals surface area contributed by atoms with Crippen LogP contribution >= 0.6 is 24.2 Å². The molecular weight excluding hydrogens is 300 g/mol. The number of nitrogens with one attached hydrogen (secondary N) is 2. The summed E-state index contributed by atoms with van der Waals surface area (Å²) < 4.78 is 10.7. The number of hydrogen-bond acceptors (Lipinski definition) is 5. The van der Waals surface area contributed by atoms with E-state index in [1.165, 1.54) is 0 Å². The highest BCUT2D eigenvalue weighted by Crippen LogP contribution is 2.30. The molecule has 7 heteroatoms. The summed E-state index contributed by atoms with van der Waals surface area (Å²) in [5.41, 5.74) is 0.712. The molecule has 1 aliphatic rings. The van der Waals surface area contributed by atoms with E-state index >= 15 is 0 Å². The van der Waals surface area contributed by atoms with Crippen LogP contribution < -0.4 is 20.1 Å². The minimum absolute atomic E-state index is 0. The maximum atomic E-state index is 12.0. The number of halogens is 1. The zero-order valence-corrected chi connectivity index (χ0v) is 13.1. The molecule has 1 saturated heterocycles. The Kier molecular flexibility index (Phi) is 6.98. The van der Waals surface area contributed by atoms with Crippen LogP contribution in [0.1, 0.15) is 6.92 Å². The van der Waals surface area contributed by atoms with E-state index in [0.29, 0.717) is 23.8 Å². The number of thioether (sulfide) groups is 1. The van der Waals surface area contributed by atoms with Crippen molar-refractivity contribution in [1.29, 1.82) is 0 Å². The summed E-state index contributed by atoms with van der Waals surface area (Å²) in [5, 5.41) is 6.01. The average Bonchev–Trinajstić information content (AvgIpc) is 2.94. The van der Waals surface area contributed by atoms with E-state index in [1.807, 2.05) is 13.0 Å². The minimum atomic E-state index is -0.123. The van der Waals surface area contributed by atoms with Gasteiger partial charge in [0, 0.05) is 23.4 Å². The molecule has 1 aromatic carbocycles. The van der Waals surface area contributed by atoms with E-state index in [2.05, 4.69) is 10.6 Å². The summed E-state index contributed by atoms with van der Waals surface area (Å²) in [6, 6.07) is 5.26. The molecule has 1 unspecified atom stereocenters. The molecule has 0 bridgehead atoms. The van der Waals surface area contributed by atoms with E-state index in [-0.39, 0.29) is 24.4 Å². The van der Waals surface area contributed by atoms with Crippen molar-refractivity contribution in [2.24, 2.45) is 0 Å². The van der Waals surface area contributed by atoms with E-state index in [9.17, 15) is 4.79 Å². The molecule has 1 atom stereocenters. The summed E-state index contributed by atoms with van der Waals surface area (Å²) in [4.78, 5) is 12.0. The van der Waals surface area contributed by atoms with Gasteiger partial charge in [0.05, 0.1) is 19.8 Å². The van der Waals surface area contributed by atoms with Crippen molar-refractivity contribution in [2.75, 3.05) is 30.7 Å². The lowest BCUT2D eigenvalue weighted by Gasteiger charge is -2.13. The Morgan fingerprint density at radius 1 is 1.50 bits per heavy atom. The van der Waals surface area contributed by atoms with Crippen molar-refractivity contribution in [3.63, 3.8) is 0 Å². The normalized spacial score (nSPS) is 17.2. The summed E-state index contributed by atoms with van der Waals surface area (Å²) in [6.45, 7) is 2.49. The van der Waals surface area contributed by atoms with Gasteiger partial charge in [-0.15, -0.1) is 24.2 Å². The Hall–Kier alpha value is -1.11. The van der Waals surface area contributed by atoms with E-state index < -0.39 is 0 Å². The van der Waals surface area contributed by atoms with Gasteiger partial charge < -0.3 is 14.8 Å². The number of benzene rings is 1. The van der Waals surface area contributed by atoms with E-state index in [4.69, 9.17) is 9.47 Å². The third-order valence-electron chi connectivity index (χ3n) is 2.76. The van der Waals surface area contributed by atoms with Gasteiger partial charge in [-0.1, -0.05) is 0 Å². The fourth-order valence-corrected chi connectivity index (χ4v) is 2.75. The van der Waals surface area contributed by atoms with E-state index in [0.717, 1.165) is 11.6 Å². The van der Waals surface area contributed by atoms with E-state index in [1.54, 1.807) is 31.0 Å². The molecule has 0 radical (unpaired) electrons. The lowest BCUT2D eigenvalue weighted by Crippen LogP contribution is -2.37. The Morgan fingerprint density at radius 3 is 2.90 bits per heavy atom. The predicted molar refractivity (Wildman–Crippen MR) is 84.3 cm³/mol. The number of anilines is 1. The summed E-state index contributed by atoms with van der Waals surface area (Å²) in [6.07, 6.45) is 0. The number of carbonyl (C=O) groups excluding carboxylic acids is 1. The second-order valence-corrected chi connectivity index (χ2v) is 5.09. The second kappa shape index (κ2) is 8.24. The molecule has 1 heterocycles. The van der Waals surface area contributed by atoms with Gasteiger partial charge in [-0.2, -0.15) is 0 Å². The SMILES string of the molecule is CCOc1ccc(NC(=O)C2CSCN2)cc1OC.Cl. The monoisotopic (exact) mass is 318 g/mol. The van der Waals surface area contributed by atoms with Crippen LogP contribution in [0, 0.1) is 0 Å². The lowest BCUT2D eigenvalue weighted by molar-refractivity contribution is -0.117. The van der Waals surface area contributed by atoms with Crippen LogP contribution in [0.3, 0.4) is 0 Å². The molecule has 0 aromatic heterocycles. The first-order valence-electron chi connectivity index (χ1n) is 6.17. The Bertz CT molecular complexity index is 453. The summed E-state index contributed by atoms with van der Waals surface area (Å²) in [7, 11) is 1.58. The molecular formula is C13H19ClN2O3S. The van der Waals surface area contributed by atoms with Crippen LogP contribution in [-0.4, -0.2) is 37.3 Å². The van der Waals surface area contributed by atoms with Gasteiger partial charge in [0.15, 0.2) is 11.5 Å². The van der Waals surface area contributed by atoms with Gasteiger partial charge in [-0.3, -0.25) is 10.1 Å². The summed E-state index contributed by atoms with van der Waals surface area (Å²) in [5.74, 6) is 2.91. The fourth-order valence-electron chi connectivity index (χ4n) is 1.81. The van der Waals surface area contributed by atoms with Crippen LogP contribution in [0.4, 0.5) is 5.69 Å². The molecule has 1 aromatic rings. The molecule has 1 amide bonds. The van der Waals surface area contributed by atoms with Crippen LogP contribution in [0.15, 0.2) is 18.2 Å². The van der Waals surface area contributed by atoms with Gasteiger partial charge in [0.1, 0.15) is 0 Å². The molecule has 1 aliphatic heterocycles. The van der Waals surface area contributed by atoms with Crippen LogP contribution in [-0.2, 0) is 4.79 Å². The van der Waals surface area contributed by atoms with Gasteiger partial charge in [0.2, 0.25) is 5.91 Å². The molecule has 0 spiro atoms. The number of hydrogen-bond donors (Lipinski definition) is 2. The highest BCUT2D eigenvalue weighted by atomic mass is 35.5. The van der Waals surface area contributed by atoms with Crippen molar-refractivity contribution < 1.29 is 14.3 Å². The molecule has 112 valence electrons. The van der Waals surface area contributed by atoms with Crippen molar-refractivity contribution in [2.45, 2.75) is 13.0 Å². The highest BCUT2D eigenvalue weighted by molar-refractivity contribution is 7.99. The third kappa shape index (κ3) is 4.19. The molecule has 0 aliphatic carbocycles. The standard InChI is InChI=1S/C13H18N2O3S.ClH/c1-3-18-11-5-4-9(6-12(11)17-2)15-13(16)10-7-19-8-14-10;/h4-6,10,14H,3,7-8H2,1-2H3,(H,15,16);1H. The van der Waals surface area contributed by atoms with Gasteiger partial charge in [-0.05, 0) is 19.1 Å². The number of ether oxygens (including phenoxy) is 2. The van der Waals surface area contributed by atoms with Crippen molar-refractivity contribution in [3.8, 4) is 11.5 Å². The summed E-state index contributed by atoms with van der Waals surface area (Å²) >= 11 is 1.72. The molecule has 2 N–H and O–H groups in total. The van der Waals surface area contributed by atoms with Crippen molar-refractivity contribution in [3.05, 3.63) is 18.2 Å². The predicted octanol–water partition coefficient (Wildman–Crippen LogP) is 2.12. The first kappa shape index (κ1) is 16.9. The van der Waals surface area contributed by atoms with Gasteiger partial charge >= 0.3 is 0 Å². The maximum absolute atomic E-state index is 12.0. The number of carbonyl (C=O) groups is 1. The topological polar surface area (TPSA) is 59.6 Å².